The molecule has 21 heavy (non-hydrogen) atoms. The van der Waals surface area contributed by atoms with Crippen LogP contribution in [0.3, 0.4) is 0 Å². The summed E-state index contributed by atoms with van der Waals surface area (Å²) >= 11 is 0. The maximum Gasteiger partial charge on any atom is 0.294 e. The van der Waals surface area contributed by atoms with Gasteiger partial charge in [0, 0.05) is 17.9 Å². The molecule has 0 unspecified atom stereocenters. The van der Waals surface area contributed by atoms with Crippen molar-refractivity contribution in [1.29, 1.82) is 0 Å². The Morgan fingerprint density at radius 2 is 2.33 bits per heavy atom. The normalized spacial score (nSPS) is 18.6. The van der Waals surface area contributed by atoms with E-state index < -0.39 is 0 Å². The molecule has 1 aromatic carbocycles. The van der Waals surface area contributed by atoms with Gasteiger partial charge in [-0.3, -0.25) is 4.79 Å². The molecule has 0 bridgehead atoms. The second-order valence-corrected chi connectivity index (χ2v) is 5.19. The Labute approximate surface area is 119 Å². The number of nitrogens with zero attached hydrogens (tertiary/aromatic N) is 1. The predicted molar refractivity (Wildman–Crippen MR) is 76.7 cm³/mol. The summed E-state index contributed by atoms with van der Waals surface area (Å²) < 4.78 is 16.8. The van der Waals surface area contributed by atoms with Crippen molar-refractivity contribution in [2.45, 2.75) is 19.4 Å². The van der Waals surface area contributed by atoms with Crippen molar-refractivity contribution in [1.82, 2.24) is 9.97 Å². The zero-order chi connectivity index (χ0) is 14.4. The standard InChI is InChI=1S/C15H14N2O4/c1-8-16-13-11-3-2-9(20-10-4-5-19-7-10)6-12(11)21-14(13)15(18)17-8/h2-3,6,10H,4-5,7H2,1H3,(H,16,17,18)/t10-/m1/s1. The summed E-state index contributed by atoms with van der Waals surface area (Å²) in [5.74, 6) is 1.28. The summed E-state index contributed by atoms with van der Waals surface area (Å²) in [6.45, 7) is 3.09. The summed E-state index contributed by atoms with van der Waals surface area (Å²) in [4.78, 5) is 18.9. The van der Waals surface area contributed by atoms with Gasteiger partial charge in [0.15, 0.2) is 0 Å². The van der Waals surface area contributed by atoms with Crippen molar-refractivity contribution >= 4 is 22.1 Å². The average Bonchev–Trinajstić information content (AvgIpc) is 3.06. The number of H-pyrrole nitrogens is 1. The van der Waals surface area contributed by atoms with Crippen LogP contribution in [0.4, 0.5) is 0 Å². The molecule has 0 aliphatic carbocycles. The van der Waals surface area contributed by atoms with Gasteiger partial charge in [-0.05, 0) is 19.1 Å². The van der Waals surface area contributed by atoms with Crippen molar-refractivity contribution in [3.8, 4) is 5.75 Å². The minimum absolute atomic E-state index is 0.0793. The van der Waals surface area contributed by atoms with Crippen molar-refractivity contribution < 1.29 is 13.9 Å². The van der Waals surface area contributed by atoms with E-state index in [0.717, 1.165) is 18.4 Å². The molecule has 0 spiro atoms. The number of hydrogen-bond donors (Lipinski definition) is 1. The van der Waals surface area contributed by atoms with E-state index in [-0.39, 0.29) is 17.2 Å². The number of aromatic nitrogens is 2. The van der Waals surface area contributed by atoms with E-state index in [0.29, 0.717) is 29.3 Å². The monoisotopic (exact) mass is 286 g/mol. The highest BCUT2D eigenvalue weighted by molar-refractivity contribution is 6.02. The number of aromatic amines is 1. The lowest BCUT2D eigenvalue weighted by Gasteiger charge is -2.11. The van der Waals surface area contributed by atoms with Crippen LogP contribution in [0.25, 0.3) is 22.1 Å². The van der Waals surface area contributed by atoms with Crippen LogP contribution in [-0.4, -0.2) is 29.3 Å². The lowest BCUT2D eigenvalue weighted by Crippen LogP contribution is -2.15. The fraction of sp³-hybridized carbons (Fsp3) is 0.333. The van der Waals surface area contributed by atoms with E-state index in [9.17, 15) is 4.79 Å². The number of fused-ring (bicyclic) bond motifs is 3. The molecular formula is C15H14N2O4. The van der Waals surface area contributed by atoms with Gasteiger partial charge in [-0.15, -0.1) is 0 Å². The molecule has 1 fully saturated rings. The lowest BCUT2D eigenvalue weighted by atomic mass is 10.2. The van der Waals surface area contributed by atoms with Gasteiger partial charge in [0.1, 0.15) is 28.8 Å². The van der Waals surface area contributed by atoms with Gasteiger partial charge in [-0.1, -0.05) is 0 Å². The highest BCUT2D eigenvalue weighted by atomic mass is 16.5. The molecule has 2 aromatic heterocycles. The van der Waals surface area contributed by atoms with E-state index in [1.165, 1.54) is 0 Å². The number of rotatable bonds is 2. The topological polar surface area (TPSA) is 77.4 Å². The molecule has 1 aliphatic rings. The number of benzene rings is 1. The molecule has 6 heteroatoms. The molecule has 108 valence electrons. The second kappa shape index (κ2) is 4.60. The summed E-state index contributed by atoms with van der Waals surface area (Å²) in [6, 6.07) is 5.54. The first-order chi connectivity index (χ1) is 10.2. The van der Waals surface area contributed by atoms with Crippen molar-refractivity contribution in [2.24, 2.45) is 0 Å². The molecule has 6 nitrogen and oxygen atoms in total. The number of ether oxygens (including phenoxy) is 2. The Kier molecular flexibility index (Phi) is 2.71. The largest absolute Gasteiger partial charge is 0.488 e. The molecular weight excluding hydrogens is 272 g/mol. The van der Waals surface area contributed by atoms with E-state index >= 15 is 0 Å². The van der Waals surface area contributed by atoms with Crippen LogP contribution in [-0.2, 0) is 4.74 Å². The first-order valence-corrected chi connectivity index (χ1v) is 6.88. The Balaban J connectivity index is 1.82. The smallest absolute Gasteiger partial charge is 0.294 e. The summed E-state index contributed by atoms with van der Waals surface area (Å²) in [5, 5.41) is 0.814. The van der Waals surface area contributed by atoms with E-state index in [1.54, 1.807) is 13.0 Å². The lowest BCUT2D eigenvalue weighted by molar-refractivity contribution is 0.141. The molecule has 0 radical (unpaired) electrons. The van der Waals surface area contributed by atoms with Crippen LogP contribution in [0.1, 0.15) is 12.2 Å². The Hall–Kier alpha value is -2.34. The van der Waals surface area contributed by atoms with Crippen molar-refractivity contribution in [3.05, 3.63) is 34.4 Å². The second-order valence-electron chi connectivity index (χ2n) is 5.19. The number of aryl methyl sites for hydroxylation is 1. The van der Waals surface area contributed by atoms with Gasteiger partial charge in [-0.25, -0.2) is 4.98 Å². The van der Waals surface area contributed by atoms with Gasteiger partial charge in [-0.2, -0.15) is 0 Å². The summed E-state index contributed by atoms with van der Waals surface area (Å²) in [7, 11) is 0. The molecule has 1 saturated heterocycles. The van der Waals surface area contributed by atoms with E-state index in [2.05, 4.69) is 9.97 Å². The number of nitrogens with one attached hydrogen (secondary N) is 1. The van der Waals surface area contributed by atoms with Crippen LogP contribution >= 0.6 is 0 Å². The van der Waals surface area contributed by atoms with Crippen molar-refractivity contribution in [2.75, 3.05) is 13.2 Å². The molecule has 1 atom stereocenters. The Morgan fingerprint density at radius 1 is 1.43 bits per heavy atom. The van der Waals surface area contributed by atoms with Crippen LogP contribution in [0.2, 0.25) is 0 Å². The molecule has 0 saturated carbocycles. The Morgan fingerprint density at radius 3 is 3.14 bits per heavy atom. The SMILES string of the molecule is Cc1nc2c(oc3cc(O[C@@H]4CCOC4)ccc32)c(=O)[nH]1. The molecule has 1 N–H and O–H groups in total. The maximum atomic E-state index is 11.9. The third-order valence-electron chi connectivity index (χ3n) is 3.61. The highest BCUT2D eigenvalue weighted by Gasteiger charge is 2.18. The minimum Gasteiger partial charge on any atom is -0.488 e. The zero-order valence-corrected chi connectivity index (χ0v) is 11.5. The average molecular weight is 286 g/mol. The fourth-order valence-corrected chi connectivity index (χ4v) is 2.62. The van der Waals surface area contributed by atoms with Gasteiger partial charge in [0.05, 0.1) is 13.2 Å². The number of hydrogen-bond acceptors (Lipinski definition) is 5. The van der Waals surface area contributed by atoms with Gasteiger partial charge in [0.2, 0.25) is 5.58 Å². The minimum atomic E-state index is -0.264. The predicted octanol–water partition coefficient (Wildman–Crippen LogP) is 2.15. The zero-order valence-electron chi connectivity index (χ0n) is 11.5. The summed E-state index contributed by atoms with van der Waals surface area (Å²) in [5.41, 5.74) is 1.17. The van der Waals surface area contributed by atoms with Gasteiger partial charge >= 0.3 is 0 Å². The number of furan rings is 1. The molecule has 0 amide bonds. The van der Waals surface area contributed by atoms with Gasteiger partial charge < -0.3 is 18.9 Å². The fourth-order valence-electron chi connectivity index (χ4n) is 2.62. The maximum absolute atomic E-state index is 11.9. The molecule has 1 aliphatic heterocycles. The van der Waals surface area contributed by atoms with E-state index in [4.69, 9.17) is 13.9 Å². The Bertz CT molecular complexity index is 874. The summed E-state index contributed by atoms with van der Waals surface area (Å²) in [6.07, 6.45) is 0.967. The van der Waals surface area contributed by atoms with Gasteiger partial charge in [0.25, 0.3) is 5.56 Å². The quantitative estimate of drug-likeness (QED) is 0.781. The van der Waals surface area contributed by atoms with Crippen LogP contribution in [0, 0.1) is 6.92 Å². The van der Waals surface area contributed by atoms with Crippen LogP contribution < -0.4 is 10.3 Å². The van der Waals surface area contributed by atoms with Crippen LogP contribution in [0.5, 0.6) is 5.75 Å². The van der Waals surface area contributed by atoms with Crippen LogP contribution in [0.15, 0.2) is 27.4 Å². The van der Waals surface area contributed by atoms with Crippen molar-refractivity contribution in [3.63, 3.8) is 0 Å². The van der Waals surface area contributed by atoms with E-state index in [1.807, 2.05) is 12.1 Å². The first-order valence-electron chi connectivity index (χ1n) is 6.88. The third-order valence-corrected chi connectivity index (χ3v) is 3.61. The first kappa shape index (κ1) is 12.4. The highest BCUT2D eigenvalue weighted by Crippen LogP contribution is 2.29. The molecule has 3 heterocycles. The molecule has 3 aromatic rings. The third kappa shape index (κ3) is 2.08. The molecule has 4 rings (SSSR count).